The standard InChI is InChI=1S/C11H12O2/c12-9-11(6-7-11)13-8-10-4-2-1-3-5-10/h1-5,9H,6-8H2. The van der Waals surface area contributed by atoms with Gasteiger partial charge in [-0.25, -0.2) is 0 Å². The van der Waals surface area contributed by atoms with Gasteiger partial charge in [-0.2, -0.15) is 0 Å². The summed E-state index contributed by atoms with van der Waals surface area (Å²) in [5.74, 6) is 0. The smallest absolute Gasteiger partial charge is 0.151 e. The summed E-state index contributed by atoms with van der Waals surface area (Å²) in [6.45, 7) is 0.541. The predicted molar refractivity (Wildman–Crippen MR) is 49.3 cm³/mol. The Bertz CT molecular complexity index is 288. The molecule has 0 spiro atoms. The van der Waals surface area contributed by atoms with E-state index in [1.807, 2.05) is 30.3 Å². The van der Waals surface area contributed by atoms with Crippen molar-refractivity contribution >= 4 is 6.29 Å². The van der Waals surface area contributed by atoms with Gasteiger partial charge in [0.25, 0.3) is 0 Å². The van der Waals surface area contributed by atoms with Crippen molar-refractivity contribution in [2.75, 3.05) is 0 Å². The molecule has 0 N–H and O–H groups in total. The molecule has 0 amide bonds. The van der Waals surface area contributed by atoms with Gasteiger partial charge >= 0.3 is 0 Å². The average molecular weight is 176 g/mol. The molecule has 1 fully saturated rings. The third-order valence-corrected chi connectivity index (χ3v) is 2.33. The van der Waals surface area contributed by atoms with Crippen LogP contribution >= 0.6 is 0 Å². The van der Waals surface area contributed by atoms with Crippen LogP contribution in [0.25, 0.3) is 0 Å². The van der Waals surface area contributed by atoms with Gasteiger partial charge in [-0.15, -0.1) is 0 Å². The second kappa shape index (κ2) is 3.30. The predicted octanol–water partition coefficient (Wildman–Crippen LogP) is 1.93. The van der Waals surface area contributed by atoms with Crippen LogP contribution in [-0.4, -0.2) is 11.9 Å². The first-order valence-electron chi connectivity index (χ1n) is 4.49. The second-order valence-electron chi connectivity index (χ2n) is 3.46. The Hall–Kier alpha value is -1.15. The highest BCUT2D eigenvalue weighted by Crippen LogP contribution is 2.37. The van der Waals surface area contributed by atoms with E-state index in [0.717, 1.165) is 24.7 Å². The van der Waals surface area contributed by atoms with E-state index in [9.17, 15) is 4.79 Å². The fourth-order valence-corrected chi connectivity index (χ4v) is 1.22. The first-order chi connectivity index (χ1) is 6.35. The highest BCUT2D eigenvalue weighted by Gasteiger charge is 2.43. The molecule has 1 aliphatic carbocycles. The lowest BCUT2D eigenvalue weighted by Gasteiger charge is -2.08. The average Bonchev–Trinajstić information content (AvgIpc) is 2.97. The number of ether oxygens (including phenoxy) is 1. The molecule has 1 aromatic rings. The molecule has 0 radical (unpaired) electrons. The van der Waals surface area contributed by atoms with E-state index in [0.29, 0.717) is 6.61 Å². The zero-order valence-corrected chi connectivity index (χ0v) is 7.40. The van der Waals surface area contributed by atoms with Crippen LogP contribution in [0.3, 0.4) is 0 Å². The van der Waals surface area contributed by atoms with Crippen LogP contribution < -0.4 is 0 Å². The Morgan fingerprint density at radius 2 is 2.00 bits per heavy atom. The Balaban J connectivity index is 1.90. The molecule has 1 aliphatic rings. The largest absolute Gasteiger partial charge is 0.363 e. The number of carbonyl (C=O) groups excluding carboxylic acids is 1. The lowest BCUT2D eigenvalue weighted by molar-refractivity contribution is -0.121. The second-order valence-corrected chi connectivity index (χ2v) is 3.46. The minimum atomic E-state index is -0.435. The third kappa shape index (κ3) is 1.95. The summed E-state index contributed by atoms with van der Waals surface area (Å²) in [6.07, 6.45) is 2.68. The van der Waals surface area contributed by atoms with Gasteiger partial charge in [-0.3, -0.25) is 0 Å². The van der Waals surface area contributed by atoms with Gasteiger partial charge in [0.1, 0.15) is 5.60 Å². The van der Waals surface area contributed by atoms with E-state index in [1.165, 1.54) is 0 Å². The minimum absolute atomic E-state index is 0.435. The molecule has 1 saturated carbocycles. The van der Waals surface area contributed by atoms with Crippen LogP contribution in [0.2, 0.25) is 0 Å². The molecule has 0 atom stereocenters. The molecule has 1 aromatic carbocycles. The number of benzene rings is 1. The molecule has 0 unspecified atom stereocenters. The molecule has 13 heavy (non-hydrogen) atoms. The lowest BCUT2D eigenvalue weighted by atomic mass is 10.2. The summed E-state index contributed by atoms with van der Waals surface area (Å²) < 4.78 is 5.51. The van der Waals surface area contributed by atoms with Crippen molar-refractivity contribution in [2.45, 2.75) is 25.0 Å². The van der Waals surface area contributed by atoms with Crippen molar-refractivity contribution in [2.24, 2.45) is 0 Å². The zero-order valence-electron chi connectivity index (χ0n) is 7.40. The van der Waals surface area contributed by atoms with Gasteiger partial charge in [0.15, 0.2) is 6.29 Å². The molecule has 68 valence electrons. The summed E-state index contributed by atoms with van der Waals surface area (Å²) in [7, 11) is 0. The van der Waals surface area contributed by atoms with Crippen molar-refractivity contribution in [1.82, 2.24) is 0 Å². The molecular weight excluding hydrogens is 164 g/mol. The Morgan fingerprint density at radius 3 is 2.54 bits per heavy atom. The summed E-state index contributed by atoms with van der Waals surface area (Å²) >= 11 is 0. The fraction of sp³-hybridized carbons (Fsp3) is 0.364. The monoisotopic (exact) mass is 176 g/mol. The molecule has 0 heterocycles. The van der Waals surface area contributed by atoms with E-state index in [-0.39, 0.29) is 0 Å². The third-order valence-electron chi connectivity index (χ3n) is 2.33. The summed E-state index contributed by atoms with van der Waals surface area (Å²) in [5.41, 5.74) is 0.686. The summed E-state index contributed by atoms with van der Waals surface area (Å²) in [6, 6.07) is 9.91. The topological polar surface area (TPSA) is 26.3 Å². The molecule has 2 rings (SSSR count). The number of hydrogen-bond donors (Lipinski definition) is 0. The number of carbonyl (C=O) groups is 1. The summed E-state index contributed by atoms with van der Waals surface area (Å²) in [4.78, 5) is 10.6. The quantitative estimate of drug-likeness (QED) is 0.655. The highest BCUT2D eigenvalue weighted by atomic mass is 16.5. The van der Waals surface area contributed by atoms with Crippen LogP contribution in [0.1, 0.15) is 18.4 Å². The maximum absolute atomic E-state index is 10.6. The molecule has 0 saturated heterocycles. The molecule has 0 bridgehead atoms. The van der Waals surface area contributed by atoms with E-state index < -0.39 is 5.60 Å². The Kier molecular flexibility index (Phi) is 2.15. The maximum Gasteiger partial charge on any atom is 0.151 e. The van der Waals surface area contributed by atoms with Gasteiger partial charge < -0.3 is 9.53 Å². The molecular formula is C11H12O2. The Labute approximate surface area is 77.5 Å². The van der Waals surface area contributed by atoms with Gasteiger partial charge in [0, 0.05) is 0 Å². The molecule has 2 nitrogen and oxygen atoms in total. The van der Waals surface area contributed by atoms with Crippen LogP contribution in [0.5, 0.6) is 0 Å². The molecule has 0 aromatic heterocycles. The van der Waals surface area contributed by atoms with Crippen molar-refractivity contribution in [1.29, 1.82) is 0 Å². The summed E-state index contributed by atoms with van der Waals surface area (Å²) in [5, 5.41) is 0. The number of hydrogen-bond acceptors (Lipinski definition) is 2. The van der Waals surface area contributed by atoms with Crippen LogP contribution in [0.15, 0.2) is 30.3 Å². The minimum Gasteiger partial charge on any atom is -0.363 e. The first-order valence-corrected chi connectivity index (χ1v) is 4.49. The normalized spacial score (nSPS) is 18.2. The van der Waals surface area contributed by atoms with Crippen molar-refractivity contribution in [3.05, 3.63) is 35.9 Å². The van der Waals surface area contributed by atoms with Gasteiger partial charge in [0.2, 0.25) is 0 Å². The van der Waals surface area contributed by atoms with Crippen LogP contribution in [-0.2, 0) is 16.1 Å². The van der Waals surface area contributed by atoms with Crippen molar-refractivity contribution in [3.63, 3.8) is 0 Å². The van der Waals surface area contributed by atoms with Crippen LogP contribution in [0.4, 0.5) is 0 Å². The lowest BCUT2D eigenvalue weighted by Crippen LogP contribution is -2.15. The van der Waals surface area contributed by atoms with E-state index >= 15 is 0 Å². The van der Waals surface area contributed by atoms with E-state index in [1.54, 1.807) is 0 Å². The zero-order chi connectivity index (χ0) is 9.15. The highest BCUT2D eigenvalue weighted by molar-refractivity contribution is 5.66. The molecule has 0 aliphatic heterocycles. The van der Waals surface area contributed by atoms with Gasteiger partial charge in [0.05, 0.1) is 6.61 Å². The van der Waals surface area contributed by atoms with E-state index in [4.69, 9.17) is 4.74 Å². The van der Waals surface area contributed by atoms with Crippen LogP contribution in [0, 0.1) is 0 Å². The van der Waals surface area contributed by atoms with Crippen molar-refractivity contribution in [3.8, 4) is 0 Å². The maximum atomic E-state index is 10.6. The SMILES string of the molecule is O=CC1(OCc2ccccc2)CC1. The van der Waals surface area contributed by atoms with Crippen molar-refractivity contribution < 1.29 is 9.53 Å². The number of rotatable bonds is 4. The van der Waals surface area contributed by atoms with Gasteiger partial charge in [-0.05, 0) is 18.4 Å². The number of aldehydes is 1. The van der Waals surface area contributed by atoms with Gasteiger partial charge in [-0.1, -0.05) is 30.3 Å². The molecule has 2 heteroatoms. The fourth-order valence-electron chi connectivity index (χ4n) is 1.22. The Morgan fingerprint density at radius 1 is 1.31 bits per heavy atom. The van der Waals surface area contributed by atoms with E-state index in [2.05, 4.69) is 0 Å². The first kappa shape index (κ1) is 8.45.